The maximum absolute atomic E-state index is 11.9. The fourth-order valence-electron chi connectivity index (χ4n) is 1.99. The van der Waals surface area contributed by atoms with Gasteiger partial charge in [-0.1, -0.05) is 6.92 Å². The fraction of sp³-hybridized carbons (Fsp3) is 0.538. The number of aryl methyl sites for hydroxylation is 2. The Morgan fingerprint density at radius 2 is 2.40 bits per heavy atom. The van der Waals surface area contributed by atoms with Gasteiger partial charge in [0, 0.05) is 24.9 Å². The standard InChI is InChI=1S/C13H20N6O/c1-3-11(13-15-7-10(2)17-13)18-12(20)5-4-6-19-9-14-8-16-19/h7-9,11H,3-6H2,1-2H3,(H,15,17)(H,18,20). The molecule has 7 heteroatoms. The van der Waals surface area contributed by atoms with E-state index in [1.165, 1.54) is 6.33 Å². The molecule has 2 aromatic rings. The van der Waals surface area contributed by atoms with E-state index in [-0.39, 0.29) is 11.9 Å². The summed E-state index contributed by atoms with van der Waals surface area (Å²) in [4.78, 5) is 23.2. The molecule has 108 valence electrons. The number of carbonyl (C=O) groups is 1. The summed E-state index contributed by atoms with van der Waals surface area (Å²) >= 11 is 0. The van der Waals surface area contributed by atoms with Gasteiger partial charge in [0.2, 0.25) is 5.91 Å². The van der Waals surface area contributed by atoms with Gasteiger partial charge in [-0.15, -0.1) is 0 Å². The molecule has 0 radical (unpaired) electrons. The Bertz CT molecular complexity index is 533. The highest BCUT2D eigenvalue weighted by Crippen LogP contribution is 2.13. The molecule has 1 unspecified atom stereocenters. The van der Waals surface area contributed by atoms with Crippen molar-refractivity contribution in [2.45, 2.75) is 45.7 Å². The van der Waals surface area contributed by atoms with Crippen LogP contribution in [0.5, 0.6) is 0 Å². The van der Waals surface area contributed by atoms with Crippen LogP contribution >= 0.6 is 0 Å². The van der Waals surface area contributed by atoms with E-state index < -0.39 is 0 Å². The number of aromatic amines is 1. The van der Waals surface area contributed by atoms with Crippen LogP contribution in [0.25, 0.3) is 0 Å². The summed E-state index contributed by atoms with van der Waals surface area (Å²) in [6, 6.07) is -0.0532. The minimum absolute atomic E-state index is 0.0334. The number of nitrogens with one attached hydrogen (secondary N) is 2. The van der Waals surface area contributed by atoms with E-state index >= 15 is 0 Å². The lowest BCUT2D eigenvalue weighted by atomic mass is 10.2. The number of H-pyrrole nitrogens is 1. The third kappa shape index (κ3) is 3.91. The Kier molecular flexibility index (Phi) is 4.86. The van der Waals surface area contributed by atoms with Crippen molar-refractivity contribution in [3.05, 3.63) is 30.4 Å². The van der Waals surface area contributed by atoms with Crippen molar-refractivity contribution in [3.8, 4) is 0 Å². The number of imidazole rings is 1. The van der Waals surface area contributed by atoms with Crippen molar-refractivity contribution >= 4 is 5.91 Å². The maximum atomic E-state index is 11.9. The molecule has 7 nitrogen and oxygen atoms in total. The van der Waals surface area contributed by atoms with Crippen LogP contribution in [0, 0.1) is 6.92 Å². The van der Waals surface area contributed by atoms with E-state index in [1.54, 1.807) is 17.2 Å². The van der Waals surface area contributed by atoms with Gasteiger partial charge >= 0.3 is 0 Å². The third-order valence-corrected chi connectivity index (χ3v) is 3.05. The van der Waals surface area contributed by atoms with Gasteiger partial charge in [0.25, 0.3) is 0 Å². The Labute approximate surface area is 117 Å². The van der Waals surface area contributed by atoms with Gasteiger partial charge in [0.15, 0.2) is 0 Å². The second-order valence-electron chi connectivity index (χ2n) is 4.74. The highest BCUT2D eigenvalue weighted by molar-refractivity contribution is 5.76. The van der Waals surface area contributed by atoms with E-state index in [0.29, 0.717) is 13.0 Å². The van der Waals surface area contributed by atoms with Gasteiger partial charge < -0.3 is 10.3 Å². The zero-order chi connectivity index (χ0) is 14.4. The Morgan fingerprint density at radius 3 is 3.00 bits per heavy atom. The summed E-state index contributed by atoms with van der Waals surface area (Å²) < 4.78 is 1.72. The number of carbonyl (C=O) groups excluding carboxylic acids is 1. The number of amides is 1. The molecule has 0 aliphatic carbocycles. The van der Waals surface area contributed by atoms with E-state index in [0.717, 1.165) is 24.4 Å². The quantitative estimate of drug-likeness (QED) is 0.799. The zero-order valence-corrected chi connectivity index (χ0v) is 11.8. The van der Waals surface area contributed by atoms with Crippen molar-refractivity contribution in [2.24, 2.45) is 0 Å². The van der Waals surface area contributed by atoms with Crippen LogP contribution in [0.4, 0.5) is 0 Å². The van der Waals surface area contributed by atoms with Crippen LogP contribution in [0.15, 0.2) is 18.9 Å². The molecule has 20 heavy (non-hydrogen) atoms. The molecule has 0 saturated heterocycles. The maximum Gasteiger partial charge on any atom is 0.220 e. The number of aromatic nitrogens is 5. The molecule has 2 aromatic heterocycles. The highest BCUT2D eigenvalue weighted by Gasteiger charge is 2.15. The smallest absolute Gasteiger partial charge is 0.220 e. The van der Waals surface area contributed by atoms with Crippen LogP contribution in [-0.2, 0) is 11.3 Å². The lowest BCUT2D eigenvalue weighted by Gasteiger charge is -2.14. The first kappa shape index (κ1) is 14.2. The number of rotatable bonds is 7. The fourth-order valence-corrected chi connectivity index (χ4v) is 1.99. The molecule has 0 spiro atoms. The van der Waals surface area contributed by atoms with E-state index in [2.05, 4.69) is 25.4 Å². The van der Waals surface area contributed by atoms with Crippen LogP contribution in [0.3, 0.4) is 0 Å². The normalized spacial score (nSPS) is 12.3. The minimum Gasteiger partial charge on any atom is -0.346 e. The van der Waals surface area contributed by atoms with Crippen LogP contribution in [0.1, 0.15) is 43.7 Å². The van der Waals surface area contributed by atoms with Crippen LogP contribution in [0.2, 0.25) is 0 Å². The SMILES string of the molecule is CCC(NC(=O)CCCn1cncn1)c1ncc(C)[nH]1. The molecular weight excluding hydrogens is 256 g/mol. The van der Waals surface area contributed by atoms with Crippen LogP contribution < -0.4 is 5.32 Å². The number of nitrogens with zero attached hydrogens (tertiary/aromatic N) is 4. The molecule has 0 saturated carbocycles. The Balaban J connectivity index is 1.77. The Morgan fingerprint density at radius 1 is 1.55 bits per heavy atom. The molecule has 2 heterocycles. The molecule has 0 bridgehead atoms. The van der Waals surface area contributed by atoms with Gasteiger partial charge in [-0.3, -0.25) is 9.48 Å². The first-order valence-corrected chi connectivity index (χ1v) is 6.82. The van der Waals surface area contributed by atoms with Crippen molar-refractivity contribution in [3.63, 3.8) is 0 Å². The van der Waals surface area contributed by atoms with Crippen LogP contribution in [-0.4, -0.2) is 30.6 Å². The Hall–Kier alpha value is -2.18. The lowest BCUT2D eigenvalue weighted by Crippen LogP contribution is -2.28. The molecule has 0 aliphatic heterocycles. The average Bonchev–Trinajstić information content (AvgIpc) is 3.07. The second-order valence-corrected chi connectivity index (χ2v) is 4.74. The van der Waals surface area contributed by atoms with Gasteiger partial charge in [-0.05, 0) is 19.8 Å². The van der Waals surface area contributed by atoms with Crippen molar-refractivity contribution < 1.29 is 4.79 Å². The summed E-state index contributed by atoms with van der Waals surface area (Å²) in [7, 11) is 0. The lowest BCUT2D eigenvalue weighted by molar-refractivity contribution is -0.122. The van der Waals surface area contributed by atoms with E-state index in [4.69, 9.17) is 0 Å². The predicted molar refractivity (Wildman–Crippen MR) is 73.8 cm³/mol. The topological polar surface area (TPSA) is 88.5 Å². The third-order valence-electron chi connectivity index (χ3n) is 3.05. The molecule has 0 aromatic carbocycles. The molecule has 0 aliphatic rings. The summed E-state index contributed by atoms with van der Waals surface area (Å²) in [5, 5.41) is 7.00. The minimum atomic E-state index is -0.0532. The zero-order valence-electron chi connectivity index (χ0n) is 11.8. The van der Waals surface area contributed by atoms with Gasteiger partial charge in [0.05, 0.1) is 6.04 Å². The number of hydrogen-bond acceptors (Lipinski definition) is 4. The molecule has 1 amide bonds. The largest absolute Gasteiger partial charge is 0.346 e. The molecule has 2 rings (SSSR count). The highest BCUT2D eigenvalue weighted by atomic mass is 16.1. The van der Waals surface area contributed by atoms with Gasteiger partial charge in [0.1, 0.15) is 18.5 Å². The van der Waals surface area contributed by atoms with Gasteiger partial charge in [-0.25, -0.2) is 9.97 Å². The summed E-state index contributed by atoms with van der Waals surface area (Å²) in [6.45, 7) is 4.67. The molecular formula is C13H20N6O. The molecule has 2 N–H and O–H groups in total. The summed E-state index contributed by atoms with van der Waals surface area (Å²) in [6.07, 6.45) is 6.93. The van der Waals surface area contributed by atoms with E-state index in [1.807, 2.05) is 13.8 Å². The van der Waals surface area contributed by atoms with Crippen molar-refractivity contribution in [2.75, 3.05) is 0 Å². The van der Waals surface area contributed by atoms with Gasteiger partial charge in [-0.2, -0.15) is 5.10 Å². The van der Waals surface area contributed by atoms with Crippen molar-refractivity contribution in [1.29, 1.82) is 0 Å². The van der Waals surface area contributed by atoms with E-state index in [9.17, 15) is 4.79 Å². The second kappa shape index (κ2) is 6.83. The monoisotopic (exact) mass is 276 g/mol. The first-order valence-electron chi connectivity index (χ1n) is 6.82. The predicted octanol–water partition coefficient (Wildman–Crippen LogP) is 1.36. The molecule has 1 atom stereocenters. The number of hydrogen-bond donors (Lipinski definition) is 2. The summed E-state index contributed by atoms with van der Waals surface area (Å²) in [5.74, 6) is 0.848. The first-order chi connectivity index (χ1) is 9.69. The molecule has 0 fully saturated rings. The average molecular weight is 276 g/mol. The summed E-state index contributed by atoms with van der Waals surface area (Å²) in [5.41, 5.74) is 0.999. The van der Waals surface area contributed by atoms with Crippen molar-refractivity contribution in [1.82, 2.24) is 30.0 Å².